The molecule has 0 atom stereocenters. The molecule has 0 amide bonds. The van der Waals surface area contributed by atoms with Crippen LogP contribution in [-0.2, 0) is 0 Å². The zero-order valence-corrected chi connectivity index (χ0v) is 11.8. The summed E-state index contributed by atoms with van der Waals surface area (Å²) in [6.07, 6.45) is 5.45. The summed E-state index contributed by atoms with van der Waals surface area (Å²) in [6, 6.07) is 0. The smallest absolute Gasteiger partial charge is 0.157 e. The van der Waals surface area contributed by atoms with E-state index in [-0.39, 0.29) is 11.4 Å². The Morgan fingerprint density at radius 3 is 2.60 bits per heavy atom. The summed E-state index contributed by atoms with van der Waals surface area (Å²) in [6.45, 7) is 9.31. The third-order valence-electron chi connectivity index (χ3n) is 3.24. The third-order valence-corrected chi connectivity index (χ3v) is 3.24. The van der Waals surface area contributed by atoms with E-state index in [9.17, 15) is 0 Å². The van der Waals surface area contributed by atoms with E-state index in [1.807, 2.05) is 19.9 Å². The Balaban J connectivity index is 2.57. The minimum Gasteiger partial charge on any atom is -0.335 e. The fourth-order valence-electron chi connectivity index (χ4n) is 1.83. The lowest BCUT2D eigenvalue weighted by Crippen LogP contribution is -2.10. The molecular formula is C15H17N5. The first-order valence-corrected chi connectivity index (χ1v) is 6.26. The van der Waals surface area contributed by atoms with Crippen molar-refractivity contribution in [1.29, 1.82) is 10.8 Å². The van der Waals surface area contributed by atoms with Crippen molar-refractivity contribution in [3.05, 3.63) is 42.0 Å². The molecule has 2 rings (SSSR count). The number of nitrogens with zero attached hydrogens (tertiary/aromatic N) is 2. The highest BCUT2D eigenvalue weighted by Gasteiger charge is 2.14. The molecule has 0 aliphatic rings. The number of H-pyrrole nitrogens is 1. The molecule has 0 radical (unpaired) electrons. The number of allylic oxidation sites excluding steroid dienone is 3. The van der Waals surface area contributed by atoms with Gasteiger partial charge >= 0.3 is 0 Å². The summed E-state index contributed by atoms with van der Waals surface area (Å²) in [7, 11) is 0. The van der Waals surface area contributed by atoms with E-state index in [4.69, 9.17) is 10.8 Å². The van der Waals surface area contributed by atoms with Gasteiger partial charge in [0.2, 0.25) is 0 Å². The molecule has 0 saturated carbocycles. The van der Waals surface area contributed by atoms with Crippen LogP contribution in [0.1, 0.15) is 32.2 Å². The number of fused-ring (bicyclic) bond motifs is 1. The van der Waals surface area contributed by atoms with Gasteiger partial charge in [-0.3, -0.25) is 10.4 Å². The van der Waals surface area contributed by atoms with Gasteiger partial charge in [-0.1, -0.05) is 12.7 Å². The molecule has 0 saturated heterocycles. The third kappa shape index (κ3) is 2.30. The number of aromatic nitrogens is 3. The summed E-state index contributed by atoms with van der Waals surface area (Å²) in [5.41, 5.74) is 4.34. The van der Waals surface area contributed by atoms with Crippen LogP contribution in [0.5, 0.6) is 0 Å². The molecule has 0 bridgehead atoms. The molecule has 3 N–H and O–H groups in total. The summed E-state index contributed by atoms with van der Waals surface area (Å²) < 4.78 is 0. The molecule has 0 unspecified atom stereocenters. The van der Waals surface area contributed by atoms with Crippen LogP contribution in [0, 0.1) is 10.8 Å². The maximum atomic E-state index is 8.05. The largest absolute Gasteiger partial charge is 0.335 e. The van der Waals surface area contributed by atoms with Crippen molar-refractivity contribution in [1.82, 2.24) is 15.0 Å². The van der Waals surface area contributed by atoms with E-state index in [1.165, 1.54) is 0 Å². The average molecular weight is 267 g/mol. The van der Waals surface area contributed by atoms with Gasteiger partial charge in [-0.15, -0.1) is 0 Å². The monoisotopic (exact) mass is 267 g/mol. The Hall–Kier alpha value is -2.56. The topological polar surface area (TPSA) is 89.3 Å². The van der Waals surface area contributed by atoms with Crippen molar-refractivity contribution in [3.63, 3.8) is 0 Å². The van der Waals surface area contributed by atoms with Crippen molar-refractivity contribution in [3.8, 4) is 0 Å². The van der Waals surface area contributed by atoms with Crippen LogP contribution in [-0.4, -0.2) is 26.4 Å². The molecule has 2 aromatic heterocycles. The van der Waals surface area contributed by atoms with Crippen LogP contribution >= 0.6 is 0 Å². The average Bonchev–Trinajstić information content (AvgIpc) is 2.88. The number of rotatable bonds is 4. The Morgan fingerprint density at radius 1 is 1.30 bits per heavy atom. The minimum atomic E-state index is 0.137. The van der Waals surface area contributed by atoms with E-state index in [0.29, 0.717) is 11.4 Å². The second-order valence-corrected chi connectivity index (χ2v) is 4.62. The number of hydrogen-bond acceptors (Lipinski definition) is 4. The zero-order valence-electron chi connectivity index (χ0n) is 11.8. The molecule has 102 valence electrons. The highest BCUT2D eigenvalue weighted by molar-refractivity contribution is 6.26. The molecule has 5 heteroatoms. The quantitative estimate of drug-likeness (QED) is 0.741. The fourth-order valence-corrected chi connectivity index (χ4v) is 1.83. The standard InChI is InChI=1S/C15H17N5/c1-5-8(2)11-6-18-7-12-14(11)20-15(19-12)13(17)9(3)10(4)16/h5-7,16-17H,3H2,1-2,4H3,(H,19,20). The van der Waals surface area contributed by atoms with Gasteiger partial charge in [-0.05, 0) is 26.3 Å². The first-order valence-electron chi connectivity index (χ1n) is 6.26. The predicted molar refractivity (Wildman–Crippen MR) is 82.6 cm³/mol. The maximum Gasteiger partial charge on any atom is 0.157 e. The molecule has 0 spiro atoms. The Bertz CT molecular complexity index is 749. The SMILES string of the molecule is C=C(C(C)=N)C(=N)c1nc2c(C(C)=CC)cncc2[nH]1. The normalized spacial score (nSPS) is 11.7. The molecule has 5 nitrogen and oxygen atoms in total. The first kappa shape index (κ1) is 13.9. The summed E-state index contributed by atoms with van der Waals surface area (Å²) in [5, 5.41) is 15.6. The fraction of sp³-hybridized carbons (Fsp3) is 0.200. The molecule has 2 heterocycles. The summed E-state index contributed by atoms with van der Waals surface area (Å²) >= 11 is 0. The second-order valence-electron chi connectivity index (χ2n) is 4.62. The van der Waals surface area contributed by atoms with Crippen molar-refractivity contribution < 1.29 is 0 Å². The molecule has 2 aromatic rings. The molecule has 0 aromatic carbocycles. The van der Waals surface area contributed by atoms with Crippen molar-refractivity contribution in [2.24, 2.45) is 0 Å². The van der Waals surface area contributed by atoms with Gasteiger partial charge in [0.25, 0.3) is 0 Å². The van der Waals surface area contributed by atoms with Gasteiger partial charge in [-0.2, -0.15) is 0 Å². The Morgan fingerprint density at radius 2 is 2.00 bits per heavy atom. The van der Waals surface area contributed by atoms with Gasteiger partial charge in [0.15, 0.2) is 5.82 Å². The first-order chi connectivity index (χ1) is 9.45. The summed E-state index contributed by atoms with van der Waals surface area (Å²) in [4.78, 5) is 11.7. The molecule has 0 aliphatic heterocycles. The number of pyridine rings is 1. The van der Waals surface area contributed by atoms with E-state index in [0.717, 1.165) is 22.2 Å². The highest BCUT2D eigenvalue weighted by Crippen LogP contribution is 2.22. The van der Waals surface area contributed by atoms with E-state index in [2.05, 4.69) is 21.5 Å². The van der Waals surface area contributed by atoms with Crippen LogP contribution in [0.2, 0.25) is 0 Å². The predicted octanol–water partition coefficient (Wildman–Crippen LogP) is 3.34. The van der Waals surface area contributed by atoms with Gasteiger partial charge in [0, 0.05) is 23.0 Å². The number of imidazole rings is 1. The Labute approximate surface area is 117 Å². The molecule has 0 aliphatic carbocycles. The van der Waals surface area contributed by atoms with Crippen LogP contribution in [0.15, 0.2) is 30.6 Å². The van der Waals surface area contributed by atoms with Crippen molar-refractivity contribution >= 4 is 28.0 Å². The Kier molecular flexibility index (Phi) is 3.61. The maximum absolute atomic E-state index is 8.05. The second kappa shape index (κ2) is 5.21. The number of hydrogen-bond donors (Lipinski definition) is 3. The molecule has 20 heavy (non-hydrogen) atoms. The minimum absolute atomic E-state index is 0.137. The van der Waals surface area contributed by atoms with Crippen LogP contribution in [0.3, 0.4) is 0 Å². The van der Waals surface area contributed by atoms with Crippen LogP contribution < -0.4 is 0 Å². The van der Waals surface area contributed by atoms with Crippen molar-refractivity contribution in [2.45, 2.75) is 20.8 Å². The van der Waals surface area contributed by atoms with Crippen LogP contribution in [0.25, 0.3) is 16.6 Å². The summed E-state index contributed by atoms with van der Waals surface area (Å²) in [5.74, 6) is 0.412. The number of nitrogens with one attached hydrogen (secondary N) is 3. The van der Waals surface area contributed by atoms with E-state index in [1.54, 1.807) is 19.3 Å². The lowest BCUT2D eigenvalue weighted by Gasteiger charge is -2.02. The van der Waals surface area contributed by atoms with E-state index >= 15 is 0 Å². The van der Waals surface area contributed by atoms with Crippen LogP contribution in [0.4, 0.5) is 0 Å². The van der Waals surface area contributed by atoms with Gasteiger partial charge in [-0.25, -0.2) is 4.98 Å². The van der Waals surface area contributed by atoms with Gasteiger partial charge < -0.3 is 10.4 Å². The lowest BCUT2D eigenvalue weighted by atomic mass is 10.1. The molecular weight excluding hydrogens is 250 g/mol. The lowest BCUT2D eigenvalue weighted by molar-refractivity contribution is 1.26. The van der Waals surface area contributed by atoms with Crippen molar-refractivity contribution in [2.75, 3.05) is 0 Å². The number of aromatic amines is 1. The molecule has 0 fully saturated rings. The van der Waals surface area contributed by atoms with E-state index < -0.39 is 0 Å². The highest BCUT2D eigenvalue weighted by atomic mass is 14.9. The zero-order chi connectivity index (χ0) is 14.9. The van der Waals surface area contributed by atoms with Gasteiger partial charge in [0.05, 0.1) is 17.2 Å². The van der Waals surface area contributed by atoms with Gasteiger partial charge in [0.1, 0.15) is 5.71 Å².